The predicted octanol–water partition coefficient (Wildman–Crippen LogP) is 1.91. The van der Waals surface area contributed by atoms with E-state index >= 15 is 0 Å². The van der Waals surface area contributed by atoms with Crippen molar-refractivity contribution in [2.75, 3.05) is 33.5 Å². The summed E-state index contributed by atoms with van der Waals surface area (Å²) in [5.41, 5.74) is 0.795. The third-order valence-electron chi connectivity index (χ3n) is 2.78. The van der Waals surface area contributed by atoms with Crippen molar-refractivity contribution >= 4 is 16.9 Å². The molecule has 0 fully saturated rings. The number of fused-ring (bicyclic) bond motifs is 1. The first-order valence-corrected chi connectivity index (χ1v) is 6.27. The van der Waals surface area contributed by atoms with Crippen LogP contribution >= 0.6 is 0 Å². The number of H-pyrrole nitrogens is 1. The Balaban J connectivity index is 2.04. The van der Waals surface area contributed by atoms with E-state index in [2.05, 4.69) is 4.98 Å². The number of aromatic amines is 1. The van der Waals surface area contributed by atoms with Gasteiger partial charge >= 0.3 is 5.97 Å². The average molecular weight is 279 g/mol. The van der Waals surface area contributed by atoms with Crippen molar-refractivity contribution in [2.45, 2.75) is 0 Å². The molecule has 0 radical (unpaired) electrons. The van der Waals surface area contributed by atoms with Gasteiger partial charge in [-0.3, -0.25) is 0 Å². The lowest BCUT2D eigenvalue weighted by Crippen LogP contribution is -2.11. The van der Waals surface area contributed by atoms with Crippen LogP contribution in [0.2, 0.25) is 0 Å². The summed E-state index contributed by atoms with van der Waals surface area (Å²) in [5.74, 6) is -0.694. The van der Waals surface area contributed by atoms with E-state index in [-0.39, 0.29) is 12.3 Å². The lowest BCUT2D eigenvalue weighted by Gasteiger charge is -2.07. The Morgan fingerprint density at radius 1 is 1.20 bits per heavy atom. The fraction of sp³-hybridized carbons (Fsp3) is 0.357. The quantitative estimate of drug-likeness (QED) is 0.721. The number of aromatic carboxylic acids is 1. The molecule has 0 bridgehead atoms. The molecule has 108 valence electrons. The molecule has 0 aliphatic heterocycles. The summed E-state index contributed by atoms with van der Waals surface area (Å²) in [5, 5.41) is 9.93. The highest BCUT2D eigenvalue weighted by atomic mass is 16.5. The summed E-state index contributed by atoms with van der Waals surface area (Å²) in [4.78, 5) is 14.0. The zero-order valence-corrected chi connectivity index (χ0v) is 11.2. The molecule has 1 heterocycles. The van der Waals surface area contributed by atoms with Gasteiger partial charge in [0.25, 0.3) is 0 Å². The second-order valence-electron chi connectivity index (χ2n) is 4.13. The molecule has 2 N–H and O–H groups in total. The van der Waals surface area contributed by atoms with Crippen molar-refractivity contribution in [1.82, 2.24) is 4.98 Å². The zero-order valence-electron chi connectivity index (χ0n) is 11.2. The molecule has 0 unspecified atom stereocenters. The van der Waals surface area contributed by atoms with Crippen LogP contribution in [-0.4, -0.2) is 49.6 Å². The number of rotatable bonds is 8. The van der Waals surface area contributed by atoms with Gasteiger partial charge in [0.05, 0.1) is 19.8 Å². The summed E-state index contributed by atoms with van der Waals surface area (Å²) in [7, 11) is 1.60. The molecule has 20 heavy (non-hydrogen) atoms. The number of nitrogens with one attached hydrogen (secondary N) is 1. The molecule has 0 atom stereocenters. The van der Waals surface area contributed by atoms with Gasteiger partial charge in [0.2, 0.25) is 0 Å². The minimum atomic E-state index is -1.04. The van der Waals surface area contributed by atoms with Crippen LogP contribution in [0.25, 0.3) is 10.9 Å². The first-order valence-electron chi connectivity index (χ1n) is 6.27. The summed E-state index contributed by atoms with van der Waals surface area (Å²) >= 11 is 0. The van der Waals surface area contributed by atoms with Crippen LogP contribution in [0.15, 0.2) is 24.3 Å². The van der Waals surface area contributed by atoms with Gasteiger partial charge in [0.1, 0.15) is 6.61 Å². The minimum absolute atomic E-state index is 0.0584. The lowest BCUT2D eigenvalue weighted by molar-refractivity contribution is 0.0537. The summed E-state index contributed by atoms with van der Waals surface area (Å²) in [6, 6.07) is 7.30. The molecule has 0 amide bonds. The molecule has 2 rings (SSSR count). The van der Waals surface area contributed by atoms with Gasteiger partial charge in [-0.15, -0.1) is 0 Å². The summed E-state index contributed by atoms with van der Waals surface area (Å²) in [6.07, 6.45) is 0. The van der Waals surface area contributed by atoms with Gasteiger partial charge in [-0.1, -0.05) is 12.1 Å². The molecule has 1 aromatic carbocycles. The molecule has 0 aliphatic carbocycles. The molecule has 0 aliphatic rings. The van der Waals surface area contributed by atoms with Gasteiger partial charge < -0.3 is 24.3 Å². The largest absolute Gasteiger partial charge is 0.488 e. The standard InChI is InChI=1S/C14H17NO5/c1-18-6-7-19-8-9-20-13-10-4-2-3-5-11(10)15-12(13)14(16)17/h2-5,15H,6-9H2,1H3,(H,16,17). The number of ether oxygens (including phenoxy) is 3. The first-order chi connectivity index (χ1) is 9.74. The third kappa shape index (κ3) is 3.28. The van der Waals surface area contributed by atoms with Crippen LogP contribution in [-0.2, 0) is 9.47 Å². The SMILES string of the molecule is COCCOCCOc1c(C(=O)O)[nH]c2ccccc12. The molecule has 6 heteroatoms. The van der Waals surface area contributed by atoms with Crippen LogP contribution in [0.5, 0.6) is 5.75 Å². The maximum Gasteiger partial charge on any atom is 0.356 e. The number of hydrogen-bond donors (Lipinski definition) is 2. The number of methoxy groups -OCH3 is 1. The molecule has 0 saturated heterocycles. The molecule has 0 saturated carbocycles. The Hall–Kier alpha value is -2.05. The van der Waals surface area contributed by atoms with E-state index in [0.717, 1.165) is 10.9 Å². The molecule has 2 aromatic rings. The molecule has 6 nitrogen and oxygen atoms in total. The van der Waals surface area contributed by atoms with Crippen molar-refractivity contribution < 1.29 is 24.1 Å². The fourth-order valence-electron chi connectivity index (χ4n) is 1.86. The Morgan fingerprint density at radius 2 is 1.95 bits per heavy atom. The van der Waals surface area contributed by atoms with Crippen molar-refractivity contribution in [3.8, 4) is 5.75 Å². The van der Waals surface area contributed by atoms with Crippen molar-refractivity contribution in [1.29, 1.82) is 0 Å². The zero-order chi connectivity index (χ0) is 14.4. The van der Waals surface area contributed by atoms with Gasteiger partial charge in [-0.05, 0) is 12.1 Å². The monoisotopic (exact) mass is 279 g/mol. The highest BCUT2D eigenvalue weighted by Gasteiger charge is 2.17. The van der Waals surface area contributed by atoms with Gasteiger partial charge in [0.15, 0.2) is 11.4 Å². The number of hydrogen-bond acceptors (Lipinski definition) is 4. The van der Waals surface area contributed by atoms with Gasteiger partial charge in [-0.2, -0.15) is 0 Å². The fourth-order valence-corrected chi connectivity index (χ4v) is 1.86. The van der Waals surface area contributed by atoms with Crippen LogP contribution in [0.4, 0.5) is 0 Å². The lowest BCUT2D eigenvalue weighted by atomic mass is 10.2. The van der Waals surface area contributed by atoms with E-state index in [4.69, 9.17) is 14.2 Å². The summed E-state index contributed by atoms with van der Waals surface area (Å²) in [6.45, 7) is 1.67. The Bertz CT molecular complexity index is 578. The Labute approximate surface area is 116 Å². The number of benzene rings is 1. The van der Waals surface area contributed by atoms with Crippen molar-refractivity contribution in [3.05, 3.63) is 30.0 Å². The van der Waals surface area contributed by atoms with E-state index in [1.54, 1.807) is 7.11 Å². The van der Waals surface area contributed by atoms with Crippen molar-refractivity contribution in [2.24, 2.45) is 0 Å². The molecule has 0 spiro atoms. The molecular weight excluding hydrogens is 262 g/mol. The van der Waals surface area contributed by atoms with Crippen LogP contribution in [0.1, 0.15) is 10.5 Å². The van der Waals surface area contributed by atoms with Gasteiger partial charge in [-0.25, -0.2) is 4.79 Å². The number of carboxylic acid groups (broad SMARTS) is 1. The highest BCUT2D eigenvalue weighted by Crippen LogP contribution is 2.29. The van der Waals surface area contributed by atoms with E-state index in [1.165, 1.54) is 0 Å². The minimum Gasteiger partial charge on any atom is -0.488 e. The van der Waals surface area contributed by atoms with E-state index < -0.39 is 5.97 Å². The Kier molecular flexibility index (Phi) is 4.97. The summed E-state index contributed by atoms with van der Waals surface area (Å²) < 4.78 is 15.7. The topological polar surface area (TPSA) is 80.8 Å². The number of para-hydroxylation sites is 1. The average Bonchev–Trinajstić information content (AvgIpc) is 2.82. The smallest absolute Gasteiger partial charge is 0.356 e. The van der Waals surface area contributed by atoms with Crippen LogP contribution in [0.3, 0.4) is 0 Å². The van der Waals surface area contributed by atoms with Crippen molar-refractivity contribution in [3.63, 3.8) is 0 Å². The maximum absolute atomic E-state index is 11.2. The predicted molar refractivity (Wildman–Crippen MR) is 73.4 cm³/mol. The maximum atomic E-state index is 11.2. The van der Waals surface area contributed by atoms with E-state index in [9.17, 15) is 9.90 Å². The highest BCUT2D eigenvalue weighted by molar-refractivity contribution is 6.00. The normalized spacial score (nSPS) is 10.8. The molecule has 1 aromatic heterocycles. The second-order valence-corrected chi connectivity index (χ2v) is 4.13. The third-order valence-corrected chi connectivity index (χ3v) is 2.78. The van der Waals surface area contributed by atoms with E-state index in [1.807, 2.05) is 24.3 Å². The molecular formula is C14H17NO5. The van der Waals surface area contributed by atoms with Crippen LogP contribution in [0, 0.1) is 0 Å². The Morgan fingerprint density at radius 3 is 2.70 bits per heavy atom. The number of carbonyl (C=O) groups is 1. The second kappa shape index (κ2) is 6.93. The number of aromatic nitrogens is 1. The van der Waals surface area contributed by atoms with Crippen LogP contribution < -0.4 is 4.74 Å². The van der Waals surface area contributed by atoms with Gasteiger partial charge in [0, 0.05) is 18.0 Å². The van der Waals surface area contributed by atoms with E-state index in [0.29, 0.717) is 25.6 Å². The first kappa shape index (κ1) is 14.4. The number of carboxylic acids is 1.